The number of aryl methyl sites for hydroxylation is 1. The van der Waals surface area contributed by atoms with Crippen LogP contribution in [0, 0.1) is 12.3 Å². The van der Waals surface area contributed by atoms with Crippen LogP contribution in [-0.4, -0.2) is 46.0 Å². The first kappa shape index (κ1) is 25.1. The van der Waals surface area contributed by atoms with E-state index in [-0.39, 0.29) is 17.3 Å². The Balaban J connectivity index is 1.65. The molecule has 0 saturated heterocycles. The third-order valence-electron chi connectivity index (χ3n) is 6.10. The number of hydrogen-bond donors (Lipinski definition) is 4. The Hall–Kier alpha value is -4.99. The average molecular weight is 498 g/mol. The summed E-state index contributed by atoms with van der Waals surface area (Å²) in [5, 5.41) is 21.0. The maximum absolute atomic E-state index is 13.1. The van der Waals surface area contributed by atoms with Gasteiger partial charge in [-0.2, -0.15) is 5.10 Å². The normalized spacial score (nSPS) is 10.6. The summed E-state index contributed by atoms with van der Waals surface area (Å²) in [5.74, 6) is -0.872. The Labute approximate surface area is 213 Å². The fraction of sp³-hybridized carbons (Fsp3) is 0.148. The molecule has 1 heterocycles. The predicted octanol–water partition coefficient (Wildman–Crippen LogP) is 2.95. The molecule has 4 aromatic rings. The highest BCUT2D eigenvalue weighted by Crippen LogP contribution is 2.31. The number of carbonyl (C=O) groups excluding carboxylic acids is 2. The number of carbonyl (C=O) groups is 2. The van der Waals surface area contributed by atoms with Gasteiger partial charge in [0.05, 0.1) is 5.69 Å². The lowest BCUT2D eigenvalue weighted by atomic mass is 9.92. The molecular formula is C27H27N7O3. The van der Waals surface area contributed by atoms with Gasteiger partial charge in [0.1, 0.15) is 12.0 Å². The van der Waals surface area contributed by atoms with E-state index < -0.39 is 5.91 Å². The number of amides is 2. The minimum atomic E-state index is -0.600. The molecule has 2 amide bonds. The smallest absolute Gasteiger partial charge is 0.350 e. The maximum atomic E-state index is 13.1. The van der Waals surface area contributed by atoms with E-state index in [1.54, 1.807) is 38.4 Å². The van der Waals surface area contributed by atoms with E-state index in [0.29, 0.717) is 28.2 Å². The van der Waals surface area contributed by atoms with Crippen molar-refractivity contribution < 1.29 is 9.59 Å². The van der Waals surface area contributed by atoms with Crippen molar-refractivity contribution in [2.45, 2.75) is 6.92 Å². The van der Waals surface area contributed by atoms with E-state index in [1.807, 2.05) is 43.3 Å². The Morgan fingerprint density at radius 3 is 2.35 bits per heavy atom. The molecule has 0 aliphatic carbocycles. The number of anilines is 2. The minimum absolute atomic E-state index is 0.215. The lowest BCUT2D eigenvalue weighted by Crippen LogP contribution is -2.25. The van der Waals surface area contributed by atoms with Crippen molar-refractivity contribution in [2.75, 3.05) is 24.7 Å². The fourth-order valence-electron chi connectivity index (χ4n) is 4.11. The summed E-state index contributed by atoms with van der Waals surface area (Å²) in [7, 11) is 4.85. The second kappa shape index (κ2) is 10.3. The fourth-order valence-corrected chi connectivity index (χ4v) is 4.11. The van der Waals surface area contributed by atoms with Crippen LogP contribution in [0.25, 0.3) is 16.8 Å². The summed E-state index contributed by atoms with van der Waals surface area (Å²) in [5.41, 5.74) is 4.60. The summed E-state index contributed by atoms with van der Waals surface area (Å²) < 4.78 is 2.71. The van der Waals surface area contributed by atoms with Gasteiger partial charge in [-0.25, -0.2) is 14.0 Å². The highest BCUT2D eigenvalue weighted by atomic mass is 16.2. The molecule has 0 radical (unpaired) electrons. The molecule has 0 atom stereocenters. The topological polar surface area (TPSA) is 134 Å². The molecule has 0 unspecified atom stereocenters. The van der Waals surface area contributed by atoms with E-state index in [9.17, 15) is 14.4 Å². The SMILES string of the molecule is CNC(=O)c1cccc(NC(=O)C(=N)c2c(NC)ccc(-c3ccc(-n4cnn(C)c4=O)cc3)c2C)c1. The summed E-state index contributed by atoms with van der Waals surface area (Å²) in [6, 6.07) is 17.7. The number of nitrogens with zero attached hydrogens (tertiary/aromatic N) is 3. The molecule has 0 aliphatic rings. The molecule has 1 aromatic heterocycles. The van der Waals surface area contributed by atoms with Gasteiger partial charge in [0, 0.05) is 43.6 Å². The number of aromatic nitrogens is 3. The van der Waals surface area contributed by atoms with Gasteiger partial charge in [0.25, 0.3) is 11.8 Å². The Morgan fingerprint density at radius 2 is 1.73 bits per heavy atom. The second-order valence-electron chi connectivity index (χ2n) is 8.35. The number of nitrogens with one attached hydrogen (secondary N) is 4. The van der Waals surface area contributed by atoms with Gasteiger partial charge in [-0.1, -0.05) is 24.3 Å². The molecule has 10 nitrogen and oxygen atoms in total. The first-order valence-electron chi connectivity index (χ1n) is 11.5. The van der Waals surface area contributed by atoms with Crippen molar-refractivity contribution in [3.05, 3.63) is 94.2 Å². The second-order valence-corrected chi connectivity index (χ2v) is 8.35. The zero-order valence-corrected chi connectivity index (χ0v) is 20.9. The molecule has 0 fully saturated rings. The van der Waals surface area contributed by atoms with Gasteiger partial charge in [0.15, 0.2) is 0 Å². The van der Waals surface area contributed by atoms with E-state index in [2.05, 4.69) is 21.0 Å². The van der Waals surface area contributed by atoms with E-state index in [1.165, 1.54) is 22.6 Å². The van der Waals surface area contributed by atoms with Crippen molar-refractivity contribution in [3.8, 4) is 16.8 Å². The molecular weight excluding hydrogens is 470 g/mol. The predicted molar refractivity (Wildman–Crippen MR) is 144 cm³/mol. The van der Waals surface area contributed by atoms with Crippen LogP contribution in [0.2, 0.25) is 0 Å². The maximum Gasteiger partial charge on any atom is 0.350 e. The van der Waals surface area contributed by atoms with Crippen LogP contribution in [0.5, 0.6) is 0 Å². The average Bonchev–Trinajstić information content (AvgIpc) is 3.25. The third-order valence-corrected chi connectivity index (χ3v) is 6.10. The molecule has 0 saturated carbocycles. The molecule has 0 aliphatic heterocycles. The number of rotatable bonds is 7. The van der Waals surface area contributed by atoms with Crippen molar-refractivity contribution in [3.63, 3.8) is 0 Å². The van der Waals surface area contributed by atoms with Crippen LogP contribution in [0.1, 0.15) is 21.5 Å². The van der Waals surface area contributed by atoms with Gasteiger partial charge in [-0.05, 0) is 60.0 Å². The summed E-state index contributed by atoms with van der Waals surface area (Å²) in [4.78, 5) is 37.2. The Kier molecular flexibility index (Phi) is 7.01. The minimum Gasteiger partial charge on any atom is -0.388 e. The molecule has 188 valence electrons. The van der Waals surface area contributed by atoms with Gasteiger partial charge in [0.2, 0.25) is 0 Å². The summed E-state index contributed by atoms with van der Waals surface area (Å²) in [6.07, 6.45) is 1.46. The van der Waals surface area contributed by atoms with Gasteiger partial charge >= 0.3 is 5.69 Å². The summed E-state index contributed by atoms with van der Waals surface area (Å²) in [6.45, 7) is 1.86. The first-order valence-corrected chi connectivity index (χ1v) is 11.5. The van der Waals surface area contributed by atoms with Crippen molar-refractivity contribution in [2.24, 2.45) is 7.05 Å². The van der Waals surface area contributed by atoms with Crippen LogP contribution in [0.3, 0.4) is 0 Å². The first-order chi connectivity index (χ1) is 17.7. The zero-order valence-electron chi connectivity index (χ0n) is 20.9. The molecule has 3 aromatic carbocycles. The lowest BCUT2D eigenvalue weighted by molar-refractivity contribution is -0.110. The van der Waals surface area contributed by atoms with Crippen LogP contribution in [0.15, 0.2) is 71.8 Å². The van der Waals surface area contributed by atoms with Crippen LogP contribution < -0.4 is 21.6 Å². The largest absolute Gasteiger partial charge is 0.388 e. The quantitative estimate of drug-likeness (QED) is 0.291. The van der Waals surface area contributed by atoms with E-state index >= 15 is 0 Å². The van der Waals surface area contributed by atoms with Crippen molar-refractivity contribution in [1.29, 1.82) is 5.41 Å². The van der Waals surface area contributed by atoms with Crippen molar-refractivity contribution in [1.82, 2.24) is 19.7 Å². The molecule has 4 N–H and O–H groups in total. The van der Waals surface area contributed by atoms with Crippen LogP contribution in [0.4, 0.5) is 11.4 Å². The summed E-state index contributed by atoms with van der Waals surface area (Å²) >= 11 is 0. The number of hydrogen-bond acceptors (Lipinski definition) is 6. The molecule has 0 bridgehead atoms. The van der Waals surface area contributed by atoms with Crippen molar-refractivity contribution >= 4 is 28.9 Å². The monoisotopic (exact) mass is 497 g/mol. The molecule has 37 heavy (non-hydrogen) atoms. The third kappa shape index (κ3) is 4.90. The van der Waals surface area contributed by atoms with E-state index in [4.69, 9.17) is 5.41 Å². The Bertz CT molecular complexity index is 1570. The lowest BCUT2D eigenvalue weighted by Gasteiger charge is -2.17. The van der Waals surface area contributed by atoms with Gasteiger partial charge in [-0.3, -0.25) is 15.0 Å². The van der Waals surface area contributed by atoms with Crippen LogP contribution in [-0.2, 0) is 11.8 Å². The molecule has 0 spiro atoms. The highest BCUT2D eigenvalue weighted by molar-refractivity contribution is 6.49. The van der Waals surface area contributed by atoms with Crippen LogP contribution >= 0.6 is 0 Å². The zero-order chi connectivity index (χ0) is 26.7. The van der Waals surface area contributed by atoms with Gasteiger partial charge < -0.3 is 16.0 Å². The van der Waals surface area contributed by atoms with E-state index in [0.717, 1.165) is 16.7 Å². The molecule has 4 rings (SSSR count). The highest BCUT2D eigenvalue weighted by Gasteiger charge is 2.21. The van der Waals surface area contributed by atoms with Gasteiger partial charge in [-0.15, -0.1) is 0 Å². The number of benzene rings is 3. The molecule has 10 heteroatoms. The Morgan fingerprint density at radius 1 is 1.00 bits per heavy atom. The standard InChI is InChI=1S/C27H27N7O3/c1-16-21(17-8-10-20(11-9-17)34-15-31-33(4)27(34)37)12-13-22(29-2)23(16)24(28)26(36)32-19-7-5-6-18(14-19)25(35)30-3/h5-15,28-29H,1-4H3,(H,30,35)(H,32,36).